The van der Waals surface area contributed by atoms with Crippen LogP contribution in [-0.4, -0.2) is 23.1 Å². The Morgan fingerprint density at radius 2 is 2.14 bits per heavy atom. The van der Waals surface area contributed by atoms with Crippen molar-refractivity contribution in [1.82, 2.24) is 4.98 Å². The first-order valence-electron chi connectivity index (χ1n) is 6.57. The van der Waals surface area contributed by atoms with Gasteiger partial charge in [0.2, 0.25) is 0 Å². The molecule has 2 aromatic rings. The summed E-state index contributed by atoms with van der Waals surface area (Å²) in [6.07, 6.45) is 0. The van der Waals surface area contributed by atoms with E-state index in [-0.39, 0.29) is 5.91 Å². The maximum absolute atomic E-state index is 12.4. The third kappa shape index (κ3) is 3.58. The molecule has 5 nitrogen and oxygen atoms in total. The molecule has 0 aliphatic carbocycles. The van der Waals surface area contributed by atoms with Crippen molar-refractivity contribution in [3.63, 3.8) is 0 Å². The van der Waals surface area contributed by atoms with Crippen molar-refractivity contribution in [2.24, 2.45) is 0 Å². The van der Waals surface area contributed by atoms with E-state index < -0.39 is 5.60 Å². The van der Waals surface area contributed by atoms with Gasteiger partial charge in [-0.25, -0.2) is 4.98 Å². The first kappa shape index (κ1) is 16.7. The number of benzene rings is 1. The van der Waals surface area contributed by atoms with Crippen LogP contribution >= 0.6 is 22.9 Å². The number of methoxy groups -OCH3 is 1. The van der Waals surface area contributed by atoms with E-state index in [0.717, 1.165) is 0 Å². The number of aryl methyl sites for hydroxylation is 1. The van der Waals surface area contributed by atoms with E-state index in [0.29, 0.717) is 32.0 Å². The number of carbonyl (C=O) groups excluding carboxylic acids is 1. The lowest BCUT2D eigenvalue weighted by atomic mass is 10.1. The van der Waals surface area contributed by atoms with Gasteiger partial charge in [-0.3, -0.25) is 10.1 Å². The van der Waals surface area contributed by atoms with E-state index in [1.165, 1.54) is 24.5 Å². The van der Waals surface area contributed by atoms with Crippen LogP contribution in [0.5, 0.6) is 5.75 Å². The number of ether oxygens (including phenoxy) is 1. The van der Waals surface area contributed by atoms with Crippen LogP contribution in [0.15, 0.2) is 18.2 Å². The van der Waals surface area contributed by atoms with Crippen LogP contribution < -0.4 is 10.1 Å². The molecule has 7 heteroatoms. The average molecular weight is 341 g/mol. The number of thiazole rings is 1. The largest absolute Gasteiger partial charge is 0.496 e. The summed E-state index contributed by atoms with van der Waals surface area (Å²) in [4.78, 5) is 17.4. The molecule has 0 radical (unpaired) electrons. The summed E-state index contributed by atoms with van der Waals surface area (Å²) in [5, 5.41) is 13.6. The molecule has 0 aliphatic heterocycles. The number of rotatable bonds is 4. The van der Waals surface area contributed by atoms with Gasteiger partial charge in [-0.15, -0.1) is 0 Å². The maximum Gasteiger partial charge on any atom is 0.261 e. The van der Waals surface area contributed by atoms with E-state index in [4.69, 9.17) is 16.3 Å². The predicted octanol–water partition coefficient (Wildman–Crippen LogP) is 3.59. The normalized spacial score (nSPS) is 11.4. The SMILES string of the molecule is COc1ccc(Cl)cc1C(=O)Nc1nc(C)c(C(C)(C)O)s1. The van der Waals surface area contributed by atoms with Crippen molar-refractivity contribution in [1.29, 1.82) is 0 Å². The lowest BCUT2D eigenvalue weighted by Gasteiger charge is -2.14. The van der Waals surface area contributed by atoms with E-state index in [1.807, 2.05) is 0 Å². The number of halogens is 1. The van der Waals surface area contributed by atoms with Crippen molar-refractivity contribution in [2.45, 2.75) is 26.4 Å². The molecule has 0 fully saturated rings. The number of anilines is 1. The molecule has 0 atom stereocenters. The Hall–Kier alpha value is -1.63. The highest BCUT2D eigenvalue weighted by Gasteiger charge is 2.24. The molecule has 2 rings (SSSR count). The smallest absolute Gasteiger partial charge is 0.261 e. The Morgan fingerprint density at radius 1 is 1.45 bits per heavy atom. The Balaban J connectivity index is 2.28. The van der Waals surface area contributed by atoms with E-state index in [1.54, 1.807) is 32.9 Å². The molecular formula is C15H17ClN2O3S. The van der Waals surface area contributed by atoms with Gasteiger partial charge in [-0.2, -0.15) is 0 Å². The summed E-state index contributed by atoms with van der Waals surface area (Å²) < 4.78 is 5.17. The summed E-state index contributed by atoms with van der Waals surface area (Å²) in [5.41, 5.74) is 0.0110. The summed E-state index contributed by atoms with van der Waals surface area (Å²) in [6.45, 7) is 5.15. The summed E-state index contributed by atoms with van der Waals surface area (Å²) >= 11 is 7.17. The van der Waals surface area contributed by atoms with Crippen LogP contribution in [0.2, 0.25) is 5.02 Å². The highest BCUT2D eigenvalue weighted by Crippen LogP contribution is 2.32. The van der Waals surface area contributed by atoms with E-state index in [9.17, 15) is 9.90 Å². The van der Waals surface area contributed by atoms with Gasteiger partial charge in [0.05, 0.1) is 28.8 Å². The molecule has 0 spiro atoms. The molecule has 1 amide bonds. The highest BCUT2D eigenvalue weighted by atomic mass is 35.5. The molecule has 1 heterocycles. The number of amides is 1. The topological polar surface area (TPSA) is 71.5 Å². The van der Waals surface area contributed by atoms with Gasteiger partial charge in [0.1, 0.15) is 5.75 Å². The fourth-order valence-electron chi connectivity index (χ4n) is 2.04. The number of carbonyl (C=O) groups is 1. The minimum atomic E-state index is -1.00. The third-order valence-corrected chi connectivity index (χ3v) is 4.60. The first-order chi connectivity index (χ1) is 10.2. The maximum atomic E-state index is 12.4. The highest BCUT2D eigenvalue weighted by molar-refractivity contribution is 7.16. The molecule has 1 aromatic carbocycles. The second-order valence-electron chi connectivity index (χ2n) is 5.29. The zero-order chi connectivity index (χ0) is 16.5. The standard InChI is InChI=1S/C15H17ClN2O3S/c1-8-12(15(2,3)20)22-14(17-8)18-13(19)10-7-9(16)5-6-11(10)21-4/h5-7,20H,1-4H3,(H,17,18,19). The van der Waals surface area contributed by atoms with Gasteiger partial charge in [-0.05, 0) is 39.0 Å². The summed E-state index contributed by atoms with van der Waals surface area (Å²) in [7, 11) is 1.49. The van der Waals surface area contributed by atoms with Crippen LogP contribution in [0.25, 0.3) is 0 Å². The monoisotopic (exact) mass is 340 g/mol. The third-order valence-electron chi connectivity index (χ3n) is 2.98. The average Bonchev–Trinajstić information content (AvgIpc) is 2.79. The van der Waals surface area contributed by atoms with Crippen molar-refractivity contribution < 1.29 is 14.6 Å². The lowest BCUT2D eigenvalue weighted by Crippen LogP contribution is -2.14. The number of aromatic nitrogens is 1. The van der Waals surface area contributed by atoms with Gasteiger partial charge >= 0.3 is 0 Å². The second kappa shape index (κ2) is 6.24. The van der Waals surface area contributed by atoms with Gasteiger partial charge in [0.25, 0.3) is 5.91 Å². The van der Waals surface area contributed by atoms with Crippen LogP contribution in [0.1, 0.15) is 34.8 Å². The second-order valence-corrected chi connectivity index (χ2v) is 6.73. The molecule has 118 valence electrons. The predicted molar refractivity (Wildman–Crippen MR) is 88.1 cm³/mol. The summed E-state index contributed by atoms with van der Waals surface area (Å²) in [5.74, 6) is 0.0632. The molecule has 0 unspecified atom stereocenters. The van der Waals surface area contributed by atoms with E-state index >= 15 is 0 Å². The number of aliphatic hydroxyl groups is 1. The van der Waals surface area contributed by atoms with Crippen molar-refractivity contribution in [3.05, 3.63) is 39.4 Å². The minimum Gasteiger partial charge on any atom is -0.496 e. The zero-order valence-corrected chi connectivity index (χ0v) is 14.3. The van der Waals surface area contributed by atoms with Gasteiger partial charge in [0.15, 0.2) is 5.13 Å². The zero-order valence-electron chi connectivity index (χ0n) is 12.7. The van der Waals surface area contributed by atoms with Crippen molar-refractivity contribution in [3.8, 4) is 5.75 Å². The van der Waals surface area contributed by atoms with Crippen LogP contribution in [-0.2, 0) is 5.60 Å². The summed E-state index contributed by atoms with van der Waals surface area (Å²) in [6, 6.07) is 4.82. The fourth-order valence-corrected chi connectivity index (χ4v) is 3.17. The van der Waals surface area contributed by atoms with Crippen LogP contribution in [0.3, 0.4) is 0 Å². The fraction of sp³-hybridized carbons (Fsp3) is 0.333. The molecule has 2 N–H and O–H groups in total. The van der Waals surface area contributed by atoms with Crippen molar-refractivity contribution in [2.75, 3.05) is 12.4 Å². The quantitative estimate of drug-likeness (QED) is 0.892. The first-order valence-corrected chi connectivity index (χ1v) is 7.77. The number of hydrogen-bond acceptors (Lipinski definition) is 5. The van der Waals surface area contributed by atoms with E-state index in [2.05, 4.69) is 10.3 Å². The lowest BCUT2D eigenvalue weighted by molar-refractivity contribution is 0.0816. The molecule has 0 aliphatic rings. The Morgan fingerprint density at radius 3 is 2.68 bits per heavy atom. The molecular weight excluding hydrogens is 324 g/mol. The number of nitrogens with zero attached hydrogens (tertiary/aromatic N) is 1. The van der Waals surface area contributed by atoms with Crippen molar-refractivity contribution >= 4 is 34.0 Å². The van der Waals surface area contributed by atoms with Crippen LogP contribution in [0.4, 0.5) is 5.13 Å². The molecule has 22 heavy (non-hydrogen) atoms. The van der Waals surface area contributed by atoms with Gasteiger partial charge in [-0.1, -0.05) is 22.9 Å². The van der Waals surface area contributed by atoms with Gasteiger partial charge in [0, 0.05) is 5.02 Å². The van der Waals surface area contributed by atoms with Gasteiger partial charge < -0.3 is 9.84 Å². The number of nitrogens with one attached hydrogen (secondary N) is 1. The molecule has 0 saturated heterocycles. The Kier molecular flexibility index (Phi) is 4.75. The molecule has 0 bridgehead atoms. The molecule has 1 aromatic heterocycles. The Bertz CT molecular complexity index is 707. The Labute approximate surface area is 137 Å². The van der Waals surface area contributed by atoms with Crippen LogP contribution in [0, 0.1) is 6.92 Å². The number of hydrogen-bond donors (Lipinski definition) is 2. The minimum absolute atomic E-state index is 0.327. The molecule has 0 saturated carbocycles.